The van der Waals surface area contributed by atoms with Crippen molar-refractivity contribution in [2.24, 2.45) is 0 Å². The fourth-order valence-corrected chi connectivity index (χ4v) is 1.53. The molecule has 0 heterocycles. The Morgan fingerprint density at radius 1 is 1.60 bits per heavy atom. The number of carbonyl (C=O) groups is 1. The molecule has 0 aliphatic carbocycles. The van der Waals surface area contributed by atoms with E-state index >= 15 is 0 Å². The predicted octanol–water partition coefficient (Wildman–Crippen LogP) is 2.30. The molecule has 0 N–H and O–H groups in total. The molecule has 0 aliphatic heterocycles. The van der Waals surface area contributed by atoms with Crippen LogP contribution < -0.4 is 4.74 Å². The molecular formula is C11H10ClNO2. The van der Waals surface area contributed by atoms with E-state index in [1.807, 2.05) is 6.07 Å². The molecule has 0 spiro atoms. The average Bonchev–Trinajstić information content (AvgIpc) is 2.26. The standard InChI is InChI=1S/C11H10ClNO2/c1-7-3-9(15-2)4-8(6-13)11(7)10(14)5-12/h3-4H,5H2,1-2H3. The van der Waals surface area contributed by atoms with Crippen molar-refractivity contribution in [1.82, 2.24) is 0 Å². The van der Waals surface area contributed by atoms with Gasteiger partial charge in [0.2, 0.25) is 0 Å². The lowest BCUT2D eigenvalue weighted by atomic mass is 9.99. The molecule has 0 saturated carbocycles. The second-order valence-electron chi connectivity index (χ2n) is 3.04. The summed E-state index contributed by atoms with van der Waals surface area (Å²) in [5.74, 6) is 0.200. The van der Waals surface area contributed by atoms with Crippen LogP contribution in [0.3, 0.4) is 0 Å². The van der Waals surface area contributed by atoms with Crippen LogP contribution in [0, 0.1) is 18.3 Å². The highest BCUT2D eigenvalue weighted by molar-refractivity contribution is 6.31. The van der Waals surface area contributed by atoms with Gasteiger partial charge in [-0.2, -0.15) is 5.26 Å². The Hall–Kier alpha value is -1.53. The summed E-state index contributed by atoms with van der Waals surface area (Å²) in [5, 5.41) is 8.91. The van der Waals surface area contributed by atoms with Crippen molar-refractivity contribution < 1.29 is 9.53 Å². The highest BCUT2D eigenvalue weighted by atomic mass is 35.5. The third-order valence-electron chi connectivity index (χ3n) is 2.07. The molecule has 0 radical (unpaired) electrons. The Bertz CT molecular complexity index is 435. The maximum Gasteiger partial charge on any atom is 0.179 e. The predicted molar refractivity (Wildman–Crippen MR) is 57.5 cm³/mol. The van der Waals surface area contributed by atoms with Crippen LogP contribution in [0.2, 0.25) is 0 Å². The first-order chi connectivity index (χ1) is 7.13. The Morgan fingerprint density at radius 3 is 2.73 bits per heavy atom. The van der Waals surface area contributed by atoms with Gasteiger partial charge in [0.1, 0.15) is 11.8 Å². The molecule has 1 aromatic rings. The van der Waals surface area contributed by atoms with E-state index in [9.17, 15) is 4.79 Å². The van der Waals surface area contributed by atoms with Gasteiger partial charge in [-0.05, 0) is 24.6 Å². The van der Waals surface area contributed by atoms with Gasteiger partial charge in [0, 0.05) is 5.56 Å². The van der Waals surface area contributed by atoms with Crippen molar-refractivity contribution in [3.8, 4) is 11.8 Å². The maximum absolute atomic E-state index is 11.5. The monoisotopic (exact) mass is 223 g/mol. The Labute approximate surface area is 93.2 Å². The Balaban J connectivity index is 3.39. The molecule has 0 bridgehead atoms. The third kappa shape index (κ3) is 2.28. The van der Waals surface area contributed by atoms with Crippen molar-refractivity contribution in [2.75, 3.05) is 13.0 Å². The molecule has 0 atom stereocenters. The van der Waals surface area contributed by atoms with Gasteiger partial charge in [-0.1, -0.05) is 0 Å². The Morgan fingerprint density at radius 2 is 2.27 bits per heavy atom. The smallest absolute Gasteiger partial charge is 0.179 e. The number of carbonyl (C=O) groups excluding carboxylic acids is 1. The lowest BCUT2D eigenvalue weighted by molar-refractivity contribution is 0.102. The van der Waals surface area contributed by atoms with Crippen LogP contribution in [0.4, 0.5) is 0 Å². The molecule has 0 aliphatic rings. The zero-order chi connectivity index (χ0) is 11.4. The van der Waals surface area contributed by atoms with E-state index in [-0.39, 0.29) is 11.7 Å². The lowest BCUT2D eigenvalue weighted by Crippen LogP contribution is -2.06. The number of benzene rings is 1. The Kier molecular flexibility index (Phi) is 3.70. The number of ketones is 1. The number of hydrogen-bond donors (Lipinski definition) is 0. The summed E-state index contributed by atoms with van der Waals surface area (Å²) in [6.07, 6.45) is 0. The van der Waals surface area contributed by atoms with Gasteiger partial charge in [-0.3, -0.25) is 4.79 Å². The van der Waals surface area contributed by atoms with Gasteiger partial charge in [0.25, 0.3) is 0 Å². The number of ether oxygens (including phenoxy) is 1. The molecule has 0 amide bonds. The van der Waals surface area contributed by atoms with Crippen molar-refractivity contribution in [3.05, 3.63) is 28.8 Å². The van der Waals surface area contributed by atoms with E-state index < -0.39 is 0 Å². The van der Waals surface area contributed by atoms with Crippen molar-refractivity contribution >= 4 is 17.4 Å². The fourth-order valence-electron chi connectivity index (χ4n) is 1.40. The van der Waals surface area contributed by atoms with Crippen molar-refractivity contribution in [2.45, 2.75) is 6.92 Å². The number of nitrogens with zero attached hydrogens (tertiary/aromatic N) is 1. The van der Waals surface area contributed by atoms with Gasteiger partial charge < -0.3 is 4.74 Å². The average molecular weight is 224 g/mol. The van der Waals surface area contributed by atoms with Crippen LogP contribution in [0.25, 0.3) is 0 Å². The second kappa shape index (κ2) is 4.81. The van der Waals surface area contributed by atoms with Crippen LogP contribution >= 0.6 is 11.6 Å². The number of aryl methyl sites for hydroxylation is 1. The molecular weight excluding hydrogens is 214 g/mol. The molecule has 78 valence electrons. The molecule has 15 heavy (non-hydrogen) atoms. The molecule has 3 nitrogen and oxygen atoms in total. The van der Waals surface area contributed by atoms with Crippen molar-refractivity contribution in [1.29, 1.82) is 5.26 Å². The van der Waals surface area contributed by atoms with Gasteiger partial charge >= 0.3 is 0 Å². The van der Waals surface area contributed by atoms with Gasteiger partial charge in [-0.25, -0.2) is 0 Å². The SMILES string of the molecule is COc1cc(C)c(C(=O)CCl)c(C#N)c1. The summed E-state index contributed by atoms with van der Waals surface area (Å²) in [4.78, 5) is 11.5. The zero-order valence-corrected chi connectivity index (χ0v) is 9.26. The summed E-state index contributed by atoms with van der Waals surface area (Å²) < 4.78 is 5.01. The topological polar surface area (TPSA) is 50.1 Å². The van der Waals surface area contributed by atoms with E-state index in [1.54, 1.807) is 13.0 Å². The summed E-state index contributed by atoms with van der Waals surface area (Å²) >= 11 is 5.47. The van der Waals surface area contributed by atoms with E-state index in [1.165, 1.54) is 13.2 Å². The number of rotatable bonds is 3. The number of hydrogen-bond acceptors (Lipinski definition) is 3. The summed E-state index contributed by atoms with van der Waals surface area (Å²) in [6.45, 7) is 1.75. The number of halogens is 1. The third-order valence-corrected chi connectivity index (χ3v) is 2.31. The molecule has 0 unspecified atom stereocenters. The summed E-state index contributed by atoms with van der Waals surface area (Å²) in [6, 6.07) is 5.21. The number of Topliss-reactive ketones (excluding diaryl/α,β-unsaturated/α-hetero) is 1. The van der Waals surface area contributed by atoms with Crippen LogP contribution in [-0.2, 0) is 0 Å². The normalized spacial score (nSPS) is 9.47. The van der Waals surface area contributed by atoms with E-state index in [2.05, 4.69) is 0 Å². The number of nitriles is 1. The summed E-state index contributed by atoms with van der Waals surface area (Å²) in [7, 11) is 1.51. The van der Waals surface area contributed by atoms with E-state index in [0.717, 1.165) is 0 Å². The highest BCUT2D eigenvalue weighted by Gasteiger charge is 2.14. The minimum absolute atomic E-state index is 0.123. The molecule has 0 saturated heterocycles. The molecule has 1 rings (SSSR count). The molecule has 0 fully saturated rings. The second-order valence-corrected chi connectivity index (χ2v) is 3.30. The number of alkyl halides is 1. The maximum atomic E-state index is 11.5. The largest absolute Gasteiger partial charge is 0.497 e. The lowest BCUT2D eigenvalue weighted by Gasteiger charge is -2.08. The van der Waals surface area contributed by atoms with Crippen LogP contribution in [0.15, 0.2) is 12.1 Å². The van der Waals surface area contributed by atoms with Gasteiger partial charge in [0.05, 0.1) is 18.6 Å². The van der Waals surface area contributed by atoms with E-state index in [4.69, 9.17) is 21.6 Å². The molecule has 1 aromatic carbocycles. The van der Waals surface area contributed by atoms with Crippen LogP contribution in [-0.4, -0.2) is 18.8 Å². The highest BCUT2D eigenvalue weighted by Crippen LogP contribution is 2.22. The van der Waals surface area contributed by atoms with Gasteiger partial charge in [0.15, 0.2) is 5.78 Å². The zero-order valence-electron chi connectivity index (χ0n) is 8.50. The first kappa shape index (κ1) is 11.5. The number of methoxy groups -OCH3 is 1. The van der Waals surface area contributed by atoms with E-state index in [0.29, 0.717) is 22.4 Å². The molecule has 4 heteroatoms. The minimum atomic E-state index is -0.242. The quantitative estimate of drug-likeness (QED) is 0.584. The van der Waals surface area contributed by atoms with Crippen molar-refractivity contribution in [3.63, 3.8) is 0 Å². The fraction of sp³-hybridized carbons (Fsp3) is 0.273. The van der Waals surface area contributed by atoms with Crippen LogP contribution in [0.5, 0.6) is 5.75 Å². The first-order valence-electron chi connectivity index (χ1n) is 4.32. The summed E-state index contributed by atoms with van der Waals surface area (Å²) in [5.41, 5.74) is 1.39. The van der Waals surface area contributed by atoms with Gasteiger partial charge in [-0.15, -0.1) is 11.6 Å². The minimum Gasteiger partial charge on any atom is -0.497 e. The van der Waals surface area contributed by atoms with Crippen LogP contribution in [0.1, 0.15) is 21.5 Å². The first-order valence-corrected chi connectivity index (χ1v) is 4.85. The molecule has 0 aromatic heterocycles.